The van der Waals surface area contributed by atoms with Crippen LogP contribution in [-0.2, 0) is 11.3 Å². The fourth-order valence-corrected chi connectivity index (χ4v) is 3.00. The van der Waals surface area contributed by atoms with Gasteiger partial charge in [0.15, 0.2) is 0 Å². The van der Waals surface area contributed by atoms with Crippen molar-refractivity contribution in [1.82, 2.24) is 10.2 Å². The van der Waals surface area contributed by atoms with Crippen molar-refractivity contribution >= 4 is 23.6 Å². The van der Waals surface area contributed by atoms with Crippen molar-refractivity contribution in [1.29, 1.82) is 0 Å². The van der Waals surface area contributed by atoms with Crippen LogP contribution in [0.4, 0.5) is 10.5 Å². The Kier molecular flexibility index (Phi) is 6.49. The lowest BCUT2D eigenvalue weighted by Crippen LogP contribution is -2.32. The molecule has 3 rings (SSSR count). The number of rotatable bonds is 7. The van der Waals surface area contributed by atoms with E-state index in [-0.39, 0.29) is 17.9 Å². The van der Waals surface area contributed by atoms with E-state index in [1.165, 1.54) is 0 Å². The van der Waals surface area contributed by atoms with Gasteiger partial charge in [-0.3, -0.25) is 14.9 Å². The molecule has 1 saturated carbocycles. The van der Waals surface area contributed by atoms with Gasteiger partial charge in [0.1, 0.15) is 0 Å². The second-order valence-electron chi connectivity index (χ2n) is 6.86. The van der Waals surface area contributed by atoms with Crippen LogP contribution in [0.2, 0.25) is 0 Å². The Morgan fingerprint density at radius 3 is 2.17 bits per heavy atom. The molecule has 0 spiro atoms. The van der Waals surface area contributed by atoms with E-state index < -0.39 is 6.09 Å². The summed E-state index contributed by atoms with van der Waals surface area (Å²) in [6, 6.07) is 14.3. The van der Waals surface area contributed by atoms with Gasteiger partial charge in [0.25, 0.3) is 11.8 Å². The minimum atomic E-state index is -0.522. The van der Waals surface area contributed by atoms with Crippen molar-refractivity contribution in [2.45, 2.75) is 32.4 Å². The molecule has 0 atom stereocenters. The number of hydrogen-bond donors (Lipinski definition) is 2. The number of anilines is 1. The number of carbonyl (C=O) groups is 3. The van der Waals surface area contributed by atoms with Crippen LogP contribution in [0.25, 0.3) is 0 Å². The summed E-state index contributed by atoms with van der Waals surface area (Å²) in [4.78, 5) is 38.1. The molecular weight excluding hydrogens is 370 g/mol. The van der Waals surface area contributed by atoms with Crippen LogP contribution in [-0.4, -0.2) is 42.5 Å². The molecule has 152 valence electrons. The van der Waals surface area contributed by atoms with Gasteiger partial charge in [0, 0.05) is 36.4 Å². The van der Waals surface area contributed by atoms with E-state index in [4.69, 9.17) is 4.74 Å². The summed E-state index contributed by atoms with van der Waals surface area (Å²) in [5.74, 6) is -0.186. The fraction of sp³-hybridized carbons (Fsp3) is 0.318. The Morgan fingerprint density at radius 2 is 1.62 bits per heavy atom. The zero-order valence-corrected chi connectivity index (χ0v) is 16.6. The molecule has 7 nitrogen and oxygen atoms in total. The van der Waals surface area contributed by atoms with Crippen LogP contribution < -0.4 is 10.6 Å². The van der Waals surface area contributed by atoms with Gasteiger partial charge in [-0.1, -0.05) is 12.1 Å². The quantitative estimate of drug-likeness (QED) is 0.752. The van der Waals surface area contributed by atoms with Crippen molar-refractivity contribution in [3.05, 3.63) is 65.2 Å². The van der Waals surface area contributed by atoms with Crippen LogP contribution in [0.5, 0.6) is 0 Å². The Hall–Kier alpha value is -3.35. The molecule has 2 aromatic rings. The van der Waals surface area contributed by atoms with E-state index in [0.29, 0.717) is 30.0 Å². The predicted octanol–water partition coefficient (Wildman–Crippen LogP) is 3.42. The van der Waals surface area contributed by atoms with Gasteiger partial charge in [-0.25, -0.2) is 4.79 Å². The van der Waals surface area contributed by atoms with Gasteiger partial charge in [-0.15, -0.1) is 0 Å². The van der Waals surface area contributed by atoms with Crippen LogP contribution in [0.3, 0.4) is 0 Å². The van der Waals surface area contributed by atoms with Gasteiger partial charge in [-0.05, 0) is 61.7 Å². The van der Waals surface area contributed by atoms with Crippen molar-refractivity contribution in [3.8, 4) is 0 Å². The molecule has 2 aromatic carbocycles. The Bertz CT molecular complexity index is 874. The van der Waals surface area contributed by atoms with E-state index in [1.807, 2.05) is 17.0 Å². The van der Waals surface area contributed by atoms with Crippen molar-refractivity contribution in [3.63, 3.8) is 0 Å². The molecule has 7 heteroatoms. The van der Waals surface area contributed by atoms with E-state index in [2.05, 4.69) is 10.6 Å². The van der Waals surface area contributed by atoms with Crippen LogP contribution in [0.1, 0.15) is 46.0 Å². The highest BCUT2D eigenvalue weighted by Gasteiger charge is 2.33. The van der Waals surface area contributed by atoms with Crippen LogP contribution in [0.15, 0.2) is 48.5 Å². The lowest BCUT2D eigenvalue weighted by Gasteiger charge is -2.23. The summed E-state index contributed by atoms with van der Waals surface area (Å²) in [6.07, 6.45) is 1.46. The predicted molar refractivity (Wildman–Crippen MR) is 110 cm³/mol. The first kappa shape index (κ1) is 20.4. The number of nitrogens with zero attached hydrogens (tertiary/aromatic N) is 1. The first-order valence-electron chi connectivity index (χ1n) is 9.67. The maximum absolute atomic E-state index is 13.0. The standard InChI is InChI=1S/C22H25N3O4/c1-3-29-22(28)24-18-10-8-17(9-11-18)21(27)25(19-12-13-19)14-15-4-6-16(7-5-15)20(26)23-2/h4-11,19H,3,12-14H2,1-2H3,(H,23,26)(H,24,28). The smallest absolute Gasteiger partial charge is 0.411 e. The maximum atomic E-state index is 13.0. The second-order valence-corrected chi connectivity index (χ2v) is 6.86. The lowest BCUT2D eigenvalue weighted by molar-refractivity contribution is 0.0729. The summed E-state index contributed by atoms with van der Waals surface area (Å²) in [5.41, 5.74) is 2.69. The number of hydrogen-bond acceptors (Lipinski definition) is 4. The summed E-state index contributed by atoms with van der Waals surface area (Å²) in [5, 5.41) is 5.21. The highest BCUT2D eigenvalue weighted by atomic mass is 16.5. The van der Waals surface area contributed by atoms with Gasteiger partial charge >= 0.3 is 6.09 Å². The fourth-order valence-electron chi connectivity index (χ4n) is 3.00. The third-order valence-electron chi connectivity index (χ3n) is 4.70. The van der Waals surface area contributed by atoms with Gasteiger partial charge in [0.2, 0.25) is 0 Å². The molecule has 1 aliphatic carbocycles. The number of benzene rings is 2. The molecule has 0 aromatic heterocycles. The van der Waals surface area contributed by atoms with Gasteiger partial charge in [-0.2, -0.15) is 0 Å². The molecule has 3 amide bonds. The summed E-state index contributed by atoms with van der Waals surface area (Å²) in [7, 11) is 1.59. The minimum absolute atomic E-state index is 0.0504. The Morgan fingerprint density at radius 1 is 1.00 bits per heavy atom. The molecule has 29 heavy (non-hydrogen) atoms. The largest absolute Gasteiger partial charge is 0.450 e. The Labute approximate surface area is 170 Å². The summed E-state index contributed by atoms with van der Waals surface area (Å²) in [6.45, 7) is 2.52. The summed E-state index contributed by atoms with van der Waals surface area (Å²) >= 11 is 0. The van der Waals surface area contributed by atoms with Gasteiger partial charge in [0.05, 0.1) is 6.61 Å². The highest BCUT2D eigenvalue weighted by molar-refractivity contribution is 5.96. The second kappa shape index (κ2) is 9.23. The van der Waals surface area contributed by atoms with Crippen molar-refractivity contribution in [2.24, 2.45) is 0 Å². The molecular formula is C22H25N3O4. The average molecular weight is 395 g/mol. The SMILES string of the molecule is CCOC(=O)Nc1ccc(C(=O)N(Cc2ccc(C(=O)NC)cc2)C2CC2)cc1. The van der Waals surface area contributed by atoms with Gasteiger partial charge < -0.3 is 15.0 Å². The molecule has 0 radical (unpaired) electrons. The van der Waals surface area contributed by atoms with E-state index in [9.17, 15) is 14.4 Å². The first-order valence-corrected chi connectivity index (χ1v) is 9.67. The molecule has 1 fully saturated rings. The lowest BCUT2D eigenvalue weighted by atomic mass is 10.1. The maximum Gasteiger partial charge on any atom is 0.411 e. The average Bonchev–Trinajstić information content (AvgIpc) is 3.57. The summed E-state index contributed by atoms with van der Waals surface area (Å²) < 4.78 is 4.85. The molecule has 0 heterocycles. The molecule has 1 aliphatic rings. The van der Waals surface area contributed by atoms with E-state index in [0.717, 1.165) is 18.4 Å². The molecule has 0 aliphatic heterocycles. The van der Waals surface area contributed by atoms with E-state index in [1.54, 1.807) is 50.4 Å². The zero-order chi connectivity index (χ0) is 20.8. The highest BCUT2D eigenvalue weighted by Crippen LogP contribution is 2.30. The van der Waals surface area contributed by atoms with Crippen LogP contribution >= 0.6 is 0 Å². The van der Waals surface area contributed by atoms with E-state index >= 15 is 0 Å². The number of ether oxygens (including phenoxy) is 1. The molecule has 0 bridgehead atoms. The van der Waals surface area contributed by atoms with Crippen molar-refractivity contribution < 1.29 is 19.1 Å². The number of nitrogens with one attached hydrogen (secondary N) is 2. The monoisotopic (exact) mass is 395 g/mol. The third-order valence-corrected chi connectivity index (χ3v) is 4.70. The Balaban J connectivity index is 1.68. The molecule has 0 unspecified atom stereocenters. The van der Waals surface area contributed by atoms with Crippen molar-refractivity contribution in [2.75, 3.05) is 19.0 Å². The first-order chi connectivity index (χ1) is 14.0. The normalized spacial score (nSPS) is 12.8. The minimum Gasteiger partial charge on any atom is -0.450 e. The third kappa shape index (κ3) is 5.34. The number of amides is 3. The zero-order valence-electron chi connectivity index (χ0n) is 16.6. The number of carbonyl (C=O) groups excluding carboxylic acids is 3. The molecule has 0 saturated heterocycles. The molecule has 2 N–H and O–H groups in total. The topological polar surface area (TPSA) is 87.7 Å². The van der Waals surface area contributed by atoms with Crippen LogP contribution in [0, 0.1) is 0 Å².